The molecular weight excluding hydrogens is 124 g/mol. The molecule has 0 heterocycles. The Morgan fingerprint density at radius 2 is 2.50 bits per heavy atom. The van der Waals surface area contributed by atoms with Crippen molar-refractivity contribution in [1.82, 2.24) is 0 Å². The minimum absolute atomic E-state index is 0.0556. The monoisotopic (exact) mass is 136 g/mol. The van der Waals surface area contributed by atoms with Gasteiger partial charge >= 0.3 is 0 Å². The van der Waals surface area contributed by atoms with Crippen LogP contribution in [-0.4, -0.2) is 6.29 Å². The van der Waals surface area contributed by atoms with E-state index in [0.717, 1.165) is 12.8 Å². The van der Waals surface area contributed by atoms with Crippen LogP contribution < -0.4 is 0 Å². The minimum atomic E-state index is 0.0556. The number of carbonyl (C=O) groups is 1. The zero-order valence-corrected chi connectivity index (χ0v) is 6.05. The summed E-state index contributed by atoms with van der Waals surface area (Å²) >= 11 is 0. The molecule has 1 saturated carbocycles. The second-order valence-corrected chi connectivity index (χ2v) is 3.48. The predicted octanol–water partition coefficient (Wildman–Crippen LogP) is 1.93. The normalized spacial score (nSPS) is 43.8. The summed E-state index contributed by atoms with van der Waals surface area (Å²) in [5.41, 5.74) is 0.0556. The van der Waals surface area contributed by atoms with Crippen molar-refractivity contribution in [2.24, 2.45) is 11.3 Å². The van der Waals surface area contributed by atoms with Crippen LogP contribution in [0.15, 0.2) is 12.2 Å². The molecule has 2 aliphatic rings. The number of fused-ring (bicyclic) bond motifs is 1. The Labute approximate surface area is 61.1 Å². The molecule has 2 rings (SSSR count). The molecule has 0 N–H and O–H groups in total. The molecule has 2 aliphatic carbocycles. The van der Waals surface area contributed by atoms with E-state index in [1.807, 2.05) is 0 Å². The lowest BCUT2D eigenvalue weighted by Gasteiger charge is -2.20. The van der Waals surface area contributed by atoms with Gasteiger partial charge in [0.25, 0.3) is 0 Å². The number of allylic oxidation sites excluding steroid dienone is 2. The molecule has 0 unspecified atom stereocenters. The molecule has 0 amide bonds. The molecule has 0 bridgehead atoms. The van der Waals surface area contributed by atoms with Gasteiger partial charge in [-0.15, -0.1) is 0 Å². The van der Waals surface area contributed by atoms with Crippen LogP contribution in [0.25, 0.3) is 0 Å². The quantitative estimate of drug-likeness (QED) is 0.397. The van der Waals surface area contributed by atoms with Gasteiger partial charge in [-0.25, -0.2) is 0 Å². The molecule has 54 valence electrons. The largest absolute Gasteiger partial charge is 0.303 e. The Morgan fingerprint density at radius 1 is 1.60 bits per heavy atom. The van der Waals surface area contributed by atoms with Crippen LogP contribution in [0.1, 0.15) is 25.7 Å². The van der Waals surface area contributed by atoms with Crippen LogP contribution in [0.3, 0.4) is 0 Å². The lowest BCUT2D eigenvalue weighted by Crippen LogP contribution is -2.21. The van der Waals surface area contributed by atoms with E-state index < -0.39 is 0 Å². The maximum Gasteiger partial charge on any atom is 0.127 e. The van der Waals surface area contributed by atoms with Gasteiger partial charge < -0.3 is 4.79 Å². The second-order valence-electron chi connectivity index (χ2n) is 3.48. The zero-order chi connectivity index (χ0) is 7.03. The molecule has 0 aromatic rings. The summed E-state index contributed by atoms with van der Waals surface area (Å²) in [6.45, 7) is 0. The third-order valence-corrected chi connectivity index (χ3v) is 3.00. The van der Waals surface area contributed by atoms with Crippen molar-refractivity contribution in [1.29, 1.82) is 0 Å². The molecule has 2 atom stereocenters. The Balaban J connectivity index is 2.28. The first-order valence-corrected chi connectivity index (χ1v) is 4.00. The maximum absolute atomic E-state index is 10.8. The first-order valence-electron chi connectivity index (χ1n) is 4.00. The highest BCUT2D eigenvalue weighted by molar-refractivity contribution is 5.63. The molecular formula is C9H12O. The first-order chi connectivity index (χ1) is 4.87. The molecule has 10 heavy (non-hydrogen) atoms. The van der Waals surface area contributed by atoms with Gasteiger partial charge in [0.15, 0.2) is 0 Å². The van der Waals surface area contributed by atoms with Gasteiger partial charge in [0.2, 0.25) is 0 Å². The third-order valence-electron chi connectivity index (χ3n) is 3.00. The number of aldehydes is 1. The summed E-state index contributed by atoms with van der Waals surface area (Å²) in [5.74, 6) is 0.588. The number of hydrogen-bond donors (Lipinski definition) is 0. The Morgan fingerprint density at radius 3 is 3.20 bits per heavy atom. The standard InChI is InChI=1S/C9H12O/c10-7-9-5-1-3-8(9)4-2-6-9/h1,3,7-8H,2,4-6H2/t8-,9+/m0/s1. The molecule has 1 nitrogen and oxygen atoms in total. The van der Waals surface area contributed by atoms with Crippen molar-refractivity contribution in [3.8, 4) is 0 Å². The summed E-state index contributed by atoms with van der Waals surface area (Å²) in [7, 11) is 0. The molecule has 1 heteroatoms. The average Bonchev–Trinajstić information content (AvgIpc) is 2.42. The van der Waals surface area contributed by atoms with Crippen LogP contribution in [0.5, 0.6) is 0 Å². The van der Waals surface area contributed by atoms with E-state index in [2.05, 4.69) is 12.2 Å². The molecule has 0 spiro atoms. The van der Waals surface area contributed by atoms with E-state index in [1.165, 1.54) is 19.1 Å². The molecule has 1 fully saturated rings. The van der Waals surface area contributed by atoms with Gasteiger partial charge in [-0.2, -0.15) is 0 Å². The number of carbonyl (C=O) groups excluding carboxylic acids is 1. The highest BCUT2D eigenvalue weighted by Crippen LogP contribution is 2.48. The van der Waals surface area contributed by atoms with Crippen LogP contribution in [0.4, 0.5) is 0 Å². The van der Waals surface area contributed by atoms with Gasteiger partial charge in [0, 0.05) is 5.41 Å². The fourth-order valence-corrected chi connectivity index (χ4v) is 2.31. The van der Waals surface area contributed by atoms with Crippen LogP contribution in [0, 0.1) is 11.3 Å². The summed E-state index contributed by atoms with van der Waals surface area (Å²) in [4.78, 5) is 10.8. The van der Waals surface area contributed by atoms with Crippen LogP contribution in [-0.2, 0) is 4.79 Å². The summed E-state index contributed by atoms with van der Waals surface area (Å²) in [6.07, 6.45) is 10.2. The van der Waals surface area contributed by atoms with E-state index >= 15 is 0 Å². The Hall–Kier alpha value is -0.590. The lowest BCUT2D eigenvalue weighted by molar-refractivity contribution is -0.116. The minimum Gasteiger partial charge on any atom is -0.303 e. The average molecular weight is 136 g/mol. The predicted molar refractivity (Wildman–Crippen MR) is 39.6 cm³/mol. The van der Waals surface area contributed by atoms with Crippen molar-refractivity contribution >= 4 is 6.29 Å². The Bertz CT molecular complexity index is 183. The lowest BCUT2D eigenvalue weighted by atomic mass is 9.81. The molecule has 0 radical (unpaired) electrons. The van der Waals surface area contributed by atoms with Gasteiger partial charge in [-0.05, 0) is 25.2 Å². The van der Waals surface area contributed by atoms with Gasteiger partial charge in [0.05, 0.1) is 0 Å². The van der Waals surface area contributed by atoms with Crippen molar-refractivity contribution in [3.63, 3.8) is 0 Å². The second kappa shape index (κ2) is 1.94. The molecule has 0 saturated heterocycles. The van der Waals surface area contributed by atoms with Crippen molar-refractivity contribution in [3.05, 3.63) is 12.2 Å². The SMILES string of the molecule is O=C[C@]12CC=C[C@H]1CCC2. The van der Waals surface area contributed by atoms with E-state index in [9.17, 15) is 4.79 Å². The van der Waals surface area contributed by atoms with Crippen molar-refractivity contribution in [2.45, 2.75) is 25.7 Å². The molecule has 0 aromatic carbocycles. The number of hydrogen-bond acceptors (Lipinski definition) is 1. The van der Waals surface area contributed by atoms with Gasteiger partial charge in [-0.1, -0.05) is 18.6 Å². The number of rotatable bonds is 1. The van der Waals surface area contributed by atoms with E-state index in [1.54, 1.807) is 0 Å². The highest BCUT2D eigenvalue weighted by Gasteiger charge is 2.42. The smallest absolute Gasteiger partial charge is 0.127 e. The van der Waals surface area contributed by atoms with Crippen LogP contribution >= 0.6 is 0 Å². The van der Waals surface area contributed by atoms with Crippen molar-refractivity contribution < 1.29 is 4.79 Å². The summed E-state index contributed by atoms with van der Waals surface area (Å²) < 4.78 is 0. The zero-order valence-electron chi connectivity index (χ0n) is 6.05. The fraction of sp³-hybridized carbons (Fsp3) is 0.667. The first kappa shape index (κ1) is 6.14. The van der Waals surface area contributed by atoms with E-state index in [4.69, 9.17) is 0 Å². The van der Waals surface area contributed by atoms with Gasteiger partial charge in [-0.3, -0.25) is 0 Å². The van der Waals surface area contributed by atoms with Crippen molar-refractivity contribution in [2.75, 3.05) is 0 Å². The van der Waals surface area contributed by atoms with Crippen LogP contribution in [0.2, 0.25) is 0 Å². The molecule has 0 aromatic heterocycles. The maximum atomic E-state index is 10.8. The topological polar surface area (TPSA) is 17.1 Å². The fourth-order valence-electron chi connectivity index (χ4n) is 2.31. The summed E-state index contributed by atoms with van der Waals surface area (Å²) in [5, 5.41) is 0. The van der Waals surface area contributed by atoms with E-state index in [-0.39, 0.29) is 5.41 Å². The summed E-state index contributed by atoms with van der Waals surface area (Å²) in [6, 6.07) is 0. The van der Waals surface area contributed by atoms with E-state index in [0.29, 0.717) is 5.92 Å². The Kier molecular flexibility index (Phi) is 1.19. The third kappa shape index (κ3) is 0.606. The van der Waals surface area contributed by atoms with Gasteiger partial charge in [0.1, 0.15) is 6.29 Å². The molecule has 0 aliphatic heterocycles. The highest BCUT2D eigenvalue weighted by atomic mass is 16.1.